The maximum Gasteiger partial charge on any atom is 0.350 e. The van der Waals surface area contributed by atoms with E-state index in [9.17, 15) is 13.2 Å². The predicted molar refractivity (Wildman–Crippen MR) is 107 cm³/mol. The van der Waals surface area contributed by atoms with Crippen LogP contribution in [0.3, 0.4) is 0 Å². The predicted octanol–water partition coefficient (Wildman–Crippen LogP) is 2.76. The van der Waals surface area contributed by atoms with Gasteiger partial charge in [0.1, 0.15) is 4.90 Å². The van der Waals surface area contributed by atoms with E-state index in [2.05, 4.69) is 5.10 Å². The molecule has 0 saturated carbocycles. The molecule has 0 spiro atoms. The van der Waals surface area contributed by atoms with Crippen molar-refractivity contribution in [2.24, 2.45) is 0 Å². The number of halogens is 1. The van der Waals surface area contributed by atoms with Crippen LogP contribution in [0.4, 0.5) is 0 Å². The van der Waals surface area contributed by atoms with Gasteiger partial charge in [0.25, 0.3) is 0 Å². The summed E-state index contributed by atoms with van der Waals surface area (Å²) in [4.78, 5) is 12.8. The first-order chi connectivity index (χ1) is 13.5. The minimum Gasteiger partial charge on any atom is -0.249 e. The van der Waals surface area contributed by atoms with Gasteiger partial charge >= 0.3 is 5.69 Å². The average molecular weight is 421 g/mol. The highest BCUT2D eigenvalue weighted by atomic mass is 35.5. The Kier molecular flexibility index (Phi) is 5.27. The van der Waals surface area contributed by atoms with Crippen molar-refractivity contribution >= 4 is 27.3 Å². The first-order valence-corrected chi connectivity index (χ1v) is 11.1. The maximum absolute atomic E-state index is 13.2. The summed E-state index contributed by atoms with van der Waals surface area (Å²) in [6.45, 7) is 1.24. The van der Waals surface area contributed by atoms with Crippen LogP contribution < -0.4 is 5.69 Å². The van der Waals surface area contributed by atoms with Crippen LogP contribution in [0.25, 0.3) is 5.65 Å². The summed E-state index contributed by atoms with van der Waals surface area (Å²) in [5.41, 5.74) is 0.635. The molecule has 0 N–H and O–H groups in total. The van der Waals surface area contributed by atoms with Crippen molar-refractivity contribution < 1.29 is 8.42 Å². The fourth-order valence-corrected chi connectivity index (χ4v) is 5.27. The van der Waals surface area contributed by atoms with Gasteiger partial charge in [-0.05, 0) is 42.7 Å². The summed E-state index contributed by atoms with van der Waals surface area (Å²) in [5, 5.41) is 4.95. The van der Waals surface area contributed by atoms with Crippen LogP contribution in [0, 0.1) is 0 Å². The molecule has 0 radical (unpaired) electrons. The number of fused-ring (bicyclic) bond motifs is 1. The van der Waals surface area contributed by atoms with Crippen molar-refractivity contribution in [1.82, 2.24) is 18.5 Å². The van der Waals surface area contributed by atoms with E-state index in [1.807, 2.05) is 12.1 Å². The Bertz CT molecular complexity index is 1140. The van der Waals surface area contributed by atoms with E-state index in [1.54, 1.807) is 24.4 Å². The molecule has 0 atom stereocenters. The Morgan fingerprint density at radius 3 is 2.36 bits per heavy atom. The SMILES string of the molecule is O=c1n(Cc2ccc(Cl)cc2)nc2c(S(=O)(=O)N3CCCCCC3)cccn12. The van der Waals surface area contributed by atoms with E-state index in [4.69, 9.17) is 11.6 Å². The molecule has 148 valence electrons. The highest BCUT2D eigenvalue weighted by molar-refractivity contribution is 7.89. The quantitative estimate of drug-likeness (QED) is 0.650. The second-order valence-corrected chi connectivity index (χ2v) is 9.29. The van der Waals surface area contributed by atoms with Crippen LogP contribution in [0.5, 0.6) is 0 Å². The zero-order valence-electron chi connectivity index (χ0n) is 15.3. The molecule has 0 amide bonds. The van der Waals surface area contributed by atoms with Gasteiger partial charge in [0.05, 0.1) is 6.54 Å². The van der Waals surface area contributed by atoms with Gasteiger partial charge in [0, 0.05) is 24.3 Å². The summed E-state index contributed by atoms with van der Waals surface area (Å²) >= 11 is 5.91. The standard InChI is InChI=1S/C19H21ClN4O3S/c20-16-9-7-15(8-10-16)14-24-19(25)23-13-5-6-17(18(23)21-24)28(26,27)22-11-3-1-2-4-12-22/h5-10,13H,1-4,11-12,14H2. The molecule has 0 aliphatic carbocycles. The normalized spacial score (nSPS) is 16.3. The molecule has 1 aromatic carbocycles. The van der Waals surface area contributed by atoms with Crippen LogP contribution in [0.15, 0.2) is 52.3 Å². The molecular formula is C19H21ClN4O3S. The van der Waals surface area contributed by atoms with Crippen LogP contribution in [-0.2, 0) is 16.6 Å². The molecule has 2 aromatic heterocycles. The maximum atomic E-state index is 13.2. The first-order valence-electron chi connectivity index (χ1n) is 9.29. The number of benzene rings is 1. The fraction of sp³-hybridized carbons (Fsp3) is 0.368. The van der Waals surface area contributed by atoms with Crippen LogP contribution >= 0.6 is 11.6 Å². The number of nitrogens with zero attached hydrogens (tertiary/aromatic N) is 4. The van der Waals surface area contributed by atoms with E-state index >= 15 is 0 Å². The zero-order chi connectivity index (χ0) is 19.7. The van der Waals surface area contributed by atoms with Gasteiger partial charge in [0.15, 0.2) is 5.65 Å². The Morgan fingerprint density at radius 1 is 1.00 bits per heavy atom. The number of hydrogen-bond donors (Lipinski definition) is 0. The second-order valence-electron chi connectivity index (χ2n) is 6.95. The summed E-state index contributed by atoms with van der Waals surface area (Å²) in [6.07, 6.45) is 5.31. The van der Waals surface area contributed by atoms with Crippen LogP contribution in [0.1, 0.15) is 31.2 Å². The average Bonchev–Trinajstić information content (AvgIpc) is 2.87. The highest BCUT2D eigenvalue weighted by Crippen LogP contribution is 2.22. The lowest BCUT2D eigenvalue weighted by atomic mass is 10.2. The number of sulfonamides is 1. The molecule has 0 unspecified atom stereocenters. The lowest BCUT2D eigenvalue weighted by molar-refractivity contribution is 0.424. The minimum atomic E-state index is -3.71. The molecule has 3 heterocycles. The third-order valence-electron chi connectivity index (χ3n) is 5.00. The van der Waals surface area contributed by atoms with Gasteiger partial charge in [-0.1, -0.05) is 36.6 Å². The van der Waals surface area contributed by atoms with Crippen molar-refractivity contribution in [1.29, 1.82) is 0 Å². The number of hydrogen-bond acceptors (Lipinski definition) is 4. The molecule has 4 rings (SSSR count). The van der Waals surface area contributed by atoms with Crippen LogP contribution in [0.2, 0.25) is 5.02 Å². The molecule has 0 bridgehead atoms. The number of rotatable bonds is 4. The number of pyridine rings is 1. The second kappa shape index (κ2) is 7.69. The number of aromatic nitrogens is 3. The van der Waals surface area contributed by atoms with E-state index < -0.39 is 10.0 Å². The minimum absolute atomic E-state index is 0.0730. The lowest BCUT2D eigenvalue weighted by Crippen LogP contribution is -2.32. The van der Waals surface area contributed by atoms with Crippen molar-refractivity contribution in [3.05, 3.63) is 63.7 Å². The van der Waals surface area contributed by atoms with Gasteiger partial charge in [-0.15, -0.1) is 5.10 Å². The zero-order valence-corrected chi connectivity index (χ0v) is 16.9. The van der Waals surface area contributed by atoms with E-state index in [-0.39, 0.29) is 22.8 Å². The summed E-state index contributed by atoms with van der Waals surface area (Å²) in [6, 6.07) is 10.2. The molecule has 1 fully saturated rings. The van der Waals surface area contributed by atoms with E-state index in [0.29, 0.717) is 18.1 Å². The van der Waals surface area contributed by atoms with Crippen molar-refractivity contribution in [2.45, 2.75) is 37.1 Å². The molecule has 1 aliphatic rings. The Labute approximate surface area is 168 Å². The van der Waals surface area contributed by atoms with E-state index in [0.717, 1.165) is 31.2 Å². The largest absolute Gasteiger partial charge is 0.350 e. The summed E-state index contributed by atoms with van der Waals surface area (Å²) < 4.78 is 30.5. The smallest absolute Gasteiger partial charge is 0.249 e. The van der Waals surface area contributed by atoms with Crippen LogP contribution in [-0.4, -0.2) is 40.0 Å². The molecule has 1 saturated heterocycles. The highest BCUT2D eigenvalue weighted by Gasteiger charge is 2.28. The molecule has 28 heavy (non-hydrogen) atoms. The van der Waals surface area contributed by atoms with E-state index in [1.165, 1.54) is 19.5 Å². The van der Waals surface area contributed by atoms with Gasteiger partial charge < -0.3 is 0 Å². The Balaban J connectivity index is 1.76. The lowest BCUT2D eigenvalue weighted by Gasteiger charge is -2.19. The van der Waals surface area contributed by atoms with Gasteiger partial charge in [-0.3, -0.25) is 0 Å². The third kappa shape index (κ3) is 3.59. The fourth-order valence-electron chi connectivity index (χ4n) is 3.50. The Morgan fingerprint density at radius 2 is 1.68 bits per heavy atom. The first kappa shape index (κ1) is 19.2. The third-order valence-corrected chi connectivity index (χ3v) is 7.17. The Hall–Kier alpha value is -2.16. The molecular weight excluding hydrogens is 400 g/mol. The monoisotopic (exact) mass is 420 g/mol. The molecule has 1 aliphatic heterocycles. The van der Waals surface area contributed by atoms with Crippen molar-refractivity contribution in [2.75, 3.05) is 13.1 Å². The van der Waals surface area contributed by atoms with Gasteiger partial charge in [-0.25, -0.2) is 22.3 Å². The molecule has 3 aromatic rings. The van der Waals surface area contributed by atoms with Crippen molar-refractivity contribution in [3.63, 3.8) is 0 Å². The van der Waals surface area contributed by atoms with Crippen molar-refractivity contribution in [3.8, 4) is 0 Å². The topological polar surface area (TPSA) is 76.7 Å². The summed E-state index contributed by atoms with van der Waals surface area (Å²) in [5.74, 6) is 0. The summed E-state index contributed by atoms with van der Waals surface area (Å²) in [7, 11) is -3.71. The molecule has 7 nitrogen and oxygen atoms in total. The molecule has 9 heteroatoms. The van der Waals surface area contributed by atoms with Gasteiger partial charge in [0.2, 0.25) is 10.0 Å². The van der Waals surface area contributed by atoms with Gasteiger partial charge in [-0.2, -0.15) is 4.31 Å².